The zero-order valence-corrected chi connectivity index (χ0v) is 19.4. The highest BCUT2D eigenvalue weighted by molar-refractivity contribution is 4.60. The highest BCUT2D eigenvalue weighted by Gasteiger charge is 2.06. The van der Waals surface area contributed by atoms with Crippen LogP contribution in [0.3, 0.4) is 0 Å². The summed E-state index contributed by atoms with van der Waals surface area (Å²) < 4.78 is 0. The number of hydrogen-bond acceptors (Lipinski definition) is 3. The smallest absolute Gasteiger partial charge is 0.00213 e. The summed E-state index contributed by atoms with van der Waals surface area (Å²) in [5, 5.41) is 0. The normalized spacial score (nSPS) is 25.3. The molecule has 3 nitrogen and oxygen atoms in total. The zero-order valence-electron chi connectivity index (χ0n) is 19.4. The van der Waals surface area contributed by atoms with Crippen molar-refractivity contribution >= 4 is 0 Å². The Kier molecular flexibility index (Phi) is 15.5. The summed E-state index contributed by atoms with van der Waals surface area (Å²) in [5.74, 6) is 1.04. The lowest BCUT2D eigenvalue weighted by Gasteiger charge is -2.20. The van der Waals surface area contributed by atoms with Crippen molar-refractivity contribution < 1.29 is 0 Å². The first-order valence-corrected chi connectivity index (χ1v) is 12.1. The predicted octanol–water partition coefficient (Wildman–Crippen LogP) is 5.50. The minimum Gasteiger partial charge on any atom is -0.306 e. The van der Waals surface area contributed by atoms with Crippen molar-refractivity contribution in [2.75, 3.05) is 60.4 Å². The van der Waals surface area contributed by atoms with Gasteiger partial charge in [0.2, 0.25) is 0 Å². The van der Waals surface area contributed by atoms with E-state index in [1.54, 1.807) is 0 Å². The maximum absolute atomic E-state index is 2.39. The van der Waals surface area contributed by atoms with E-state index in [1.807, 2.05) is 0 Å². The maximum Gasteiger partial charge on any atom is -0.00213 e. The number of piperidine rings is 2. The van der Waals surface area contributed by atoms with Crippen molar-refractivity contribution in [3.05, 3.63) is 0 Å². The van der Waals surface area contributed by atoms with E-state index in [9.17, 15) is 0 Å². The third kappa shape index (κ3) is 15.5. The fourth-order valence-electron chi connectivity index (χ4n) is 4.29. The summed E-state index contributed by atoms with van der Waals surface area (Å²) in [6.07, 6.45) is 18.8. The molecule has 27 heavy (non-hydrogen) atoms. The lowest BCUT2D eigenvalue weighted by molar-refractivity contribution is 0.277. The molecule has 4 fully saturated rings. The lowest BCUT2D eigenvalue weighted by Crippen LogP contribution is -2.24. The van der Waals surface area contributed by atoms with Crippen LogP contribution in [0.25, 0.3) is 0 Å². The fourth-order valence-corrected chi connectivity index (χ4v) is 4.29. The predicted molar refractivity (Wildman–Crippen MR) is 122 cm³/mol. The van der Waals surface area contributed by atoms with E-state index in [2.05, 4.69) is 42.8 Å². The van der Waals surface area contributed by atoms with Gasteiger partial charge in [-0.25, -0.2) is 0 Å². The van der Waals surface area contributed by atoms with Crippen LogP contribution in [-0.4, -0.2) is 75.1 Å². The SMILES string of the molecule is CC1CCCCC1.CN1CCCC1.CN1CCCCC1.CN1CCCCC1. The molecule has 1 aliphatic carbocycles. The molecular weight excluding hydrogens is 330 g/mol. The second-order valence-corrected chi connectivity index (χ2v) is 9.48. The molecule has 0 amide bonds. The molecule has 0 radical (unpaired) electrons. The summed E-state index contributed by atoms with van der Waals surface area (Å²) in [4.78, 5) is 7.15. The molecule has 0 spiro atoms. The first-order valence-electron chi connectivity index (χ1n) is 12.1. The standard InChI is InChI=1S/C7H14.2C6H13N.C5H11N/c3*1-7-5-3-2-4-6-7;1-6-4-2-3-5-6/h7H,2-6H2,1H3;2*2-6H2,1H3;2-5H2,1H3. The van der Waals surface area contributed by atoms with Gasteiger partial charge in [-0.3, -0.25) is 0 Å². The molecule has 4 rings (SSSR count). The van der Waals surface area contributed by atoms with Crippen molar-refractivity contribution in [2.24, 2.45) is 5.92 Å². The van der Waals surface area contributed by atoms with Gasteiger partial charge in [0.05, 0.1) is 0 Å². The van der Waals surface area contributed by atoms with Crippen molar-refractivity contribution in [1.29, 1.82) is 0 Å². The summed E-state index contributed by atoms with van der Waals surface area (Å²) >= 11 is 0. The molecule has 1 saturated carbocycles. The average molecular weight is 382 g/mol. The number of nitrogens with zero attached hydrogens (tertiary/aromatic N) is 3. The third-order valence-electron chi connectivity index (χ3n) is 6.38. The summed E-state index contributed by atoms with van der Waals surface area (Å²) in [5.41, 5.74) is 0. The Morgan fingerprint density at radius 1 is 0.407 bits per heavy atom. The Morgan fingerprint density at radius 3 is 0.815 bits per heavy atom. The van der Waals surface area contributed by atoms with Crippen LogP contribution in [0.5, 0.6) is 0 Å². The van der Waals surface area contributed by atoms with Gasteiger partial charge in [-0.05, 0) is 105 Å². The fraction of sp³-hybridized carbons (Fsp3) is 1.00. The monoisotopic (exact) mass is 381 g/mol. The molecule has 3 heteroatoms. The highest BCUT2D eigenvalue weighted by Crippen LogP contribution is 2.22. The third-order valence-corrected chi connectivity index (χ3v) is 6.38. The second kappa shape index (κ2) is 16.8. The van der Waals surface area contributed by atoms with Gasteiger partial charge in [0.25, 0.3) is 0 Å². The summed E-state index contributed by atoms with van der Waals surface area (Å²) in [6, 6.07) is 0. The van der Waals surface area contributed by atoms with Crippen LogP contribution in [0.15, 0.2) is 0 Å². The lowest BCUT2D eigenvalue weighted by atomic mass is 9.91. The van der Waals surface area contributed by atoms with Crippen molar-refractivity contribution in [3.63, 3.8) is 0 Å². The molecule has 3 aliphatic heterocycles. The largest absolute Gasteiger partial charge is 0.306 e. The molecule has 0 aromatic rings. The minimum atomic E-state index is 1.04. The van der Waals surface area contributed by atoms with Crippen LogP contribution in [0, 0.1) is 5.92 Å². The van der Waals surface area contributed by atoms with Gasteiger partial charge in [0.1, 0.15) is 0 Å². The molecule has 0 aromatic carbocycles. The molecule has 0 aromatic heterocycles. The van der Waals surface area contributed by atoms with Gasteiger partial charge in [0, 0.05) is 0 Å². The molecule has 0 atom stereocenters. The van der Waals surface area contributed by atoms with Crippen LogP contribution < -0.4 is 0 Å². The van der Waals surface area contributed by atoms with Gasteiger partial charge < -0.3 is 14.7 Å². The topological polar surface area (TPSA) is 9.72 Å². The van der Waals surface area contributed by atoms with Gasteiger partial charge in [0.15, 0.2) is 0 Å². The summed E-state index contributed by atoms with van der Waals surface area (Å²) in [6.45, 7) is 10.3. The Bertz CT molecular complexity index is 259. The number of hydrogen-bond donors (Lipinski definition) is 0. The first kappa shape index (κ1) is 24.9. The van der Waals surface area contributed by atoms with Gasteiger partial charge >= 0.3 is 0 Å². The van der Waals surface area contributed by atoms with Crippen LogP contribution >= 0.6 is 0 Å². The van der Waals surface area contributed by atoms with Crippen LogP contribution in [0.4, 0.5) is 0 Å². The first-order chi connectivity index (χ1) is 13.1. The molecule has 3 saturated heterocycles. The Labute approximate surface area is 171 Å². The quantitative estimate of drug-likeness (QED) is 0.548. The number of rotatable bonds is 0. The minimum absolute atomic E-state index is 1.04. The van der Waals surface area contributed by atoms with Crippen LogP contribution in [0.1, 0.15) is 90.4 Å². The molecule has 162 valence electrons. The molecule has 0 unspecified atom stereocenters. The Morgan fingerprint density at radius 2 is 0.667 bits per heavy atom. The van der Waals surface area contributed by atoms with Crippen molar-refractivity contribution in [1.82, 2.24) is 14.7 Å². The molecule has 4 aliphatic rings. The zero-order chi connectivity index (χ0) is 19.7. The van der Waals surface area contributed by atoms with Crippen molar-refractivity contribution in [3.8, 4) is 0 Å². The van der Waals surface area contributed by atoms with Gasteiger partial charge in [-0.15, -0.1) is 0 Å². The summed E-state index contributed by atoms with van der Waals surface area (Å²) in [7, 11) is 6.56. The van der Waals surface area contributed by atoms with Gasteiger partial charge in [-0.2, -0.15) is 0 Å². The van der Waals surface area contributed by atoms with E-state index in [0.717, 1.165) is 5.92 Å². The van der Waals surface area contributed by atoms with Crippen molar-refractivity contribution in [2.45, 2.75) is 90.4 Å². The Hall–Kier alpha value is -0.120. The van der Waals surface area contributed by atoms with Crippen LogP contribution in [0.2, 0.25) is 0 Å². The Balaban J connectivity index is 0.000000180. The highest BCUT2D eigenvalue weighted by atomic mass is 15.1. The molecule has 0 bridgehead atoms. The average Bonchev–Trinajstić information content (AvgIpc) is 3.16. The van der Waals surface area contributed by atoms with E-state index in [4.69, 9.17) is 0 Å². The van der Waals surface area contributed by atoms with E-state index in [0.29, 0.717) is 0 Å². The number of likely N-dealkylation sites (tertiary alicyclic amines) is 3. The maximum atomic E-state index is 2.39. The van der Waals surface area contributed by atoms with E-state index >= 15 is 0 Å². The van der Waals surface area contributed by atoms with Crippen LogP contribution in [-0.2, 0) is 0 Å². The molecule has 0 N–H and O–H groups in total. The van der Waals surface area contributed by atoms with E-state index in [-0.39, 0.29) is 0 Å². The van der Waals surface area contributed by atoms with E-state index in [1.165, 1.54) is 123 Å². The second-order valence-electron chi connectivity index (χ2n) is 9.48. The molecular formula is C24H51N3. The van der Waals surface area contributed by atoms with Gasteiger partial charge in [-0.1, -0.05) is 51.9 Å². The van der Waals surface area contributed by atoms with E-state index < -0.39 is 0 Å². The molecule has 3 heterocycles.